The van der Waals surface area contributed by atoms with Gasteiger partial charge in [-0.1, -0.05) is 0 Å². The van der Waals surface area contributed by atoms with Gasteiger partial charge in [0.2, 0.25) is 0 Å². The van der Waals surface area contributed by atoms with E-state index in [1.54, 1.807) is 23.7 Å². The number of thiophene rings is 1. The maximum absolute atomic E-state index is 5.93. The summed E-state index contributed by atoms with van der Waals surface area (Å²) in [6, 6.07) is 4.03. The first-order valence-electron chi connectivity index (χ1n) is 5.89. The molecule has 4 aromatic rings. The van der Waals surface area contributed by atoms with Crippen LogP contribution in [0.1, 0.15) is 0 Å². The standard InChI is InChI=1S/C14H8IN3OS/c15-10-4-18-14(16)13-8(10)3-11(19-13)9-6-20-12-5-17-2-1-7(9)12/h1-6H,(H2,16,18). The second-order valence-electron chi connectivity index (χ2n) is 4.37. The quantitative estimate of drug-likeness (QED) is 0.490. The lowest BCUT2D eigenvalue weighted by Gasteiger charge is -1.95. The fourth-order valence-electron chi connectivity index (χ4n) is 2.22. The first-order chi connectivity index (χ1) is 9.74. The van der Waals surface area contributed by atoms with Crippen molar-refractivity contribution in [1.82, 2.24) is 9.97 Å². The second-order valence-corrected chi connectivity index (χ2v) is 6.44. The summed E-state index contributed by atoms with van der Waals surface area (Å²) < 4.78 is 8.10. The Balaban J connectivity index is 2.03. The van der Waals surface area contributed by atoms with Gasteiger partial charge in [0, 0.05) is 43.9 Å². The normalized spacial score (nSPS) is 11.4. The van der Waals surface area contributed by atoms with Crippen LogP contribution in [-0.2, 0) is 0 Å². The minimum absolute atomic E-state index is 0.424. The van der Waals surface area contributed by atoms with Crippen LogP contribution >= 0.6 is 33.9 Å². The van der Waals surface area contributed by atoms with Crippen molar-refractivity contribution in [2.24, 2.45) is 0 Å². The molecule has 0 atom stereocenters. The highest BCUT2D eigenvalue weighted by atomic mass is 127. The number of rotatable bonds is 1. The van der Waals surface area contributed by atoms with E-state index in [-0.39, 0.29) is 0 Å². The number of fused-ring (bicyclic) bond motifs is 2. The van der Waals surface area contributed by atoms with Crippen molar-refractivity contribution >= 4 is 60.8 Å². The zero-order valence-corrected chi connectivity index (χ0v) is 13.1. The third-order valence-corrected chi connectivity index (χ3v) is 4.98. The molecule has 0 fully saturated rings. The molecule has 0 bridgehead atoms. The van der Waals surface area contributed by atoms with Crippen molar-refractivity contribution in [3.05, 3.63) is 39.7 Å². The number of hydrogen-bond acceptors (Lipinski definition) is 5. The van der Waals surface area contributed by atoms with Gasteiger partial charge in [-0.15, -0.1) is 11.3 Å². The molecule has 0 aliphatic carbocycles. The largest absolute Gasteiger partial charge is 0.452 e. The van der Waals surface area contributed by atoms with Gasteiger partial charge in [0.15, 0.2) is 11.4 Å². The van der Waals surface area contributed by atoms with Crippen LogP contribution in [0.5, 0.6) is 0 Å². The van der Waals surface area contributed by atoms with Gasteiger partial charge in [0.25, 0.3) is 0 Å². The fourth-order valence-corrected chi connectivity index (χ4v) is 3.67. The maximum atomic E-state index is 5.93. The first kappa shape index (κ1) is 12.1. The highest BCUT2D eigenvalue weighted by Crippen LogP contribution is 2.38. The molecule has 0 aromatic carbocycles. The Bertz CT molecular complexity index is 905. The van der Waals surface area contributed by atoms with Crippen molar-refractivity contribution in [2.45, 2.75) is 0 Å². The number of aromatic nitrogens is 2. The molecule has 20 heavy (non-hydrogen) atoms. The lowest BCUT2D eigenvalue weighted by Crippen LogP contribution is -1.90. The van der Waals surface area contributed by atoms with Gasteiger partial charge >= 0.3 is 0 Å². The monoisotopic (exact) mass is 393 g/mol. The molecule has 0 aliphatic heterocycles. The van der Waals surface area contributed by atoms with Crippen LogP contribution in [-0.4, -0.2) is 9.97 Å². The van der Waals surface area contributed by atoms with Crippen LogP contribution in [0.3, 0.4) is 0 Å². The van der Waals surface area contributed by atoms with Crippen molar-refractivity contribution in [2.75, 3.05) is 5.73 Å². The Hall–Kier alpha value is -1.67. The van der Waals surface area contributed by atoms with E-state index < -0.39 is 0 Å². The Kier molecular flexibility index (Phi) is 2.67. The van der Waals surface area contributed by atoms with E-state index in [4.69, 9.17) is 10.2 Å². The van der Waals surface area contributed by atoms with E-state index in [2.05, 4.69) is 37.9 Å². The van der Waals surface area contributed by atoms with Crippen LogP contribution in [0.2, 0.25) is 0 Å². The summed E-state index contributed by atoms with van der Waals surface area (Å²) >= 11 is 3.89. The van der Waals surface area contributed by atoms with Crippen molar-refractivity contribution in [3.8, 4) is 11.3 Å². The number of nitrogens with zero attached hydrogens (tertiary/aromatic N) is 2. The zero-order valence-electron chi connectivity index (χ0n) is 10.1. The van der Waals surface area contributed by atoms with E-state index in [0.717, 1.165) is 30.4 Å². The molecule has 2 N–H and O–H groups in total. The molecular weight excluding hydrogens is 385 g/mol. The van der Waals surface area contributed by atoms with Crippen molar-refractivity contribution in [3.63, 3.8) is 0 Å². The van der Waals surface area contributed by atoms with E-state index in [0.29, 0.717) is 11.4 Å². The Labute approximate surface area is 131 Å². The van der Waals surface area contributed by atoms with Crippen LogP contribution in [0.4, 0.5) is 5.82 Å². The van der Waals surface area contributed by atoms with Crippen LogP contribution in [0, 0.1) is 3.57 Å². The molecule has 98 valence electrons. The van der Waals surface area contributed by atoms with Gasteiger partial charge in [-0.25, -0.2) is 4.98 Å². The average molecular weight is 393 g/mol. The Morgan fingerprint density at radius 3 is 3.00 bits per heavy atom. The minimum Gasteiger partial charge on any atom is -0.452 e. The zero-order chi connectivity index (χ0) is 13.7. The summed E-state index contributed by atoms with van der Waals surface area (Å²) in [5.74, 6) is 1.24. The fraction of sp³-hybridized carbons (Fsp3) is 0. The molecule has 6 heteroatoms. The molecule has 0 amide bonds. The molecule has 0 radical (unpaired) electrons. The average Bonchev–Trinajstić information content (AvgIpc) is 3.07. The molecule has 0 saturated heterocycles. The van der Waals surface area contributed by atoms with Crippen molar-refractivity contribution < 1.29 is 4.42 Å². The highest BCUT2D eigenvalue weighted by molar-refractivity contribution is 14.1. The number of pyridine rings is 2. The predicted octanol–water partition coefficient (Wildman–Crippen LogP) is 4.29. The van der Waals surface area contributed by atoms with Crippen LogP contribution in [0.15, 0.2) is 40.5 Å². The van der Waals surface area contributed by atoms with Gasteiger partial charge < -0.3 is 10.2 Å². The number of hydrogen-bond donors (Lipinski definition) is 1. The van der Waals surface area contributed by atoms with Crippen LogP contribution < -0.4 is 5.73 Å². The molecular formula is C14H8IN3OS. The summed E-state index contributed by atoms with van der Waals surface area (Å²) in [5, 5.41) is 4.23. The van der Waals surface area contributed by atoms with E-state index in [9.17, 15) is 0 Å². The molecule has 0 saturated carbocycles. The molecule has 0 unspecified atom stereocenters. The SMILES string of the molecule is Nc1ncc(I)c2cc(-c3csc4cnccc34)oc12. The number of furan rings is 1. The molecule has 0 aliphatic rings. The first-order valence-corrected chi connectivity index (χ1v) is 7.85. The van der Waals surface area contributed by atoms with Gasteiger partial charge in [-0.3, -0.25) is 4.98 Å². The third-order valence-electron chi connectivity index (χ3n) is 3.18. The maximum Gasteiger partial charge on any atom is 0.177 e. The van der Waals surface area contributed by atoms with Gasteiger partial charge in [0.1, 0.15) is 5.76 Å². The minimum atomic E-state index is 0.424. The van der Waals surface area contributed by atoms with Crippen LogP contribution in [0.25, 0.3) is 32.4 Å². The van der Waals surface area contributed by atoms with Gasteiger partial charge in [-0.05, 0) is 34.7 Å². The molecule has 0 spiro atoms. The number of nitrogen functional groups attached to an aromatic ring is 1. The van der Waals surface area contributed by atoms with E-state index in [1.165, 1.54) is 0 Å². The topological polar surface area (TPSA) is 64.9 Å². The lowest BCUT2D eigenvalue weighted by atomic mass is 10.1. The van der Waals surface area contributed by atoms with Crippen molar-refractivity contribution in [1.29, 1.82) is 0 Å². The molecule has 4 rings (SSSR count). The number of nitrogens with two attached hydrogens (primary N) is 1. The Morgan fingerprint density at radius 1 is 1.25 bits per heavy atom. The highest BCUT2D eigenvalue weighted by Gasteiger charge is 2.15. The summed E-state index contributed by atoms with van der Waals surface area (Å²) in [5.41, 5.74) is 7.61. The molecule has 4 nitrogen and oxygen atoms in total. The third kappa shape index (κ3) is 1.71. The summed E-state index contributed by atoms with van der Waals surface area (Å²) in [7, 11) is 0. The molecule has 4 heterocycles. The lowest BCUT2D eigenvalue weighted by molar-refractivity contribution is 0.632. The van der Waals surface area contributed by atoms with Gasteiger partial charge in [-0.2, -0.15) is 0 Å². The predicted molar refractivity (Wildman–Crippen MR) is 89.8 cm³/mol. The molecule has 4 aromatic heterocycles. The second kappa shape index (κ2) is 4.42. The number of halogens is 1. The Morgan fingerprint density at radius 2 is 2.15 bits per heavy atom. The van der Waals surface area contributed by atoms with E-state index in [1.807, 2.05) is 18.3 Å². The summed E-state index contributed by atoms with van der Waals surface area (Å²) in [6.07, 6.45) is 5.42. The van der Waals surface area contributed by atoms with Gasteiger partial charge in [0.05, 0.1) is 4.70 Å². The van der Waals surface area contributed by atoms with E-state index >= 15 is 0 Å². The smallest absolute Gasteiger partial charge is 0.177 e. The number of anilines is 1. The summed E-state index contributed by atoms with van der Waals surface area (Å²) in [6.45, 7) is 0. The summed E-state index contributed by atoms with van der Waals surface area (Å²) in [4.78, 5) is 8.27.